The number of para-hydroxylation sites is 2. The van der Waals surface area contributed by atoms with E-state index in [1.807, 2.05) is 60.7 Å². The molecule has 0 aliphatic heterocycles. The molecule has 0 atom stereocenters. The van der Waals surface area contributed by atoms with Crippen LogP contribution in [-0.4, -0.2) is 30.7 Å². The van der Waals surface area contributed by atoms with E-state index in [4.69, 9.17) is 14.6 Å². The number of ether oxygens (including phenoxy) is 2. The SMILES string of the molecule is COc1cc(C=CC(=O)O)c(Br)cc1OCC(=O)N(c1ccccc1)c1ccccc1. The molecule has 0 fully saturated rings. The maximum absolute atomic E-state index is 13.1. The lowest BCUT2D eigenvalue weighted by atomic mass is 10.2. The summed E-state index contributed by atoms with van der Waals surface area (Å²) >= 11 is 3.39. The van der Waals surface area contributed by atoms with Gasteiger partial charge in [0.05, 0.1) is 7.11 Å². The summed E-state index contributed by atoms with van der Waals surface area (Å²) in [5, 5.41) is 8.83. The van der Waals surface area contributed by atoms with E-state index in [0.29, 0.717) is 21.5 Å². The second-order valence-corrected chi connectivity index (χ2v) is 7.24. The van der Waals surface area contributed by atoms with Gasteiger partial charge in [0, 0.05) is 21.9 Å². The first-order chi connectivity index (χ1) is 15.0. The highest BCUT2D eigenvalue weighted by molar-refractivity contribution is 9.10. The molecule has 6 nitrogen and oxygen atoms in total. The van der Waals surface area contributed by atoms with Gasteiger partial charge in [0.25, 0.3) is 5.91 Å². The number of aliphatic carboxylic acids is 1. The first-order valence-corrected chi connectivity index (χ1v) is 10.1. The van der Waals surface area contributed by atoms with Crippen LogP contribution >= 0.6 is 15.9 Å². The quantitative estimate of drug-likeness (QED) is 0.441. The molecule has 3 rings (SSSR count). The molecular weight excluding hydrogens is 462 g/mol. The Labute approximate surface area is 188 Å². The highest BCUT2D eigenvalue weighted by Crippen LogP contribution is 2.34. The van der Waals surface area contributed by atoms with Crippen LogP contribution in [0.1, 0.15) is 5.56 Å². The number of carbonyl (C=O) groups is 2. The number of halogens is 1. The number of hydrogen-bond donors (Lipinski definition) is 1. The Morgan fingerprint density at radius 1 is 0.968 bits per heavy atom. The second kappa shape index (κ2) is 10.4. The molecule has 1 amide bonds. The minimum atomic E-state index is -1.06. The molecule has 0 aromatic heterocycles. The number of hydrogen-bond acceptors (Lipinski definition) is 4. The Hall–Kier alpha value is -3.58. The zero-order chi connectivity index (χ0) is 22.2. The summed E-state index contributed by atoms with van der Waals surface area (Å²) in [5.74, 6) is -0.576. The molecule has 0 aliphatic rings. The third kappa shape index (κ3) is 5.73. The Bertz CT molecular complexity index is 1040. The number of benzene rings is 3. The van der Waals surface area contributed by atoms with Gasteiger partial charge in [-0.1, -0.05) is 52.3 Å². The van der Waals surface area contributed by atoms with E-state index < -0.39 is 5.97 Å². The summed E-state index contributed by atoms with van der Waals surface area (Å²) < 4.78 is 11.8. The van der Waals surface area contributed by atoms with Gasteiger partial charge in [-0.25, -0.2) is 4.79 Å². The van der Waals surface area contributed by atoms with Crippen LogP contribution in [-0.2, 0) is 9.59 Å². The van der Waals surface area contributed by atoms with E-state index in [9.17, 15) is 9.59 Å². The van der Waals surface area contributed by atoms with Gasteiger partial charge < -0.3 is 14.6 Å². The van der Waals surface area contributed by atoms with Crippen LogP contribution in [0.3, 0.4) is 0 Å². The Morgan fingerprint density at radius 2 is 1.55 bits per heavy atom. The molecule has 0 spiro atoms. The Balaban J connectivity index is 1.84. The van der Waals surface area contributed by atoms with Gasteiger partial charge in [-0.3, -0.25) is 9.69 Å². The Morgan fingerprint density at radius 3 is 2.06 bits per heavy atom. The van der Waals surface area contributed by atoms with Crippen molar-refractivity contribution in [2.24, 2.45) is 0 Å². The molecular formula is C24H20BrNO5. The molecule has 1 N–H and O–H groups in total. The molecule has 0 saturated heterocycles. The zero-order valence-corrected chi connectivity index (χ0v) is 18.3. The normalized spacial score (nSPS) is 10.6. The summed E-state index contributed by atoms with van der Waals surface area (Å²) in [4.78, 5) is 25.5. The largest absolute Gasteiger partial charge is 0.493 e. The lowest BCUT2D eigenvalue weighted by Gasteiger charge is -2.23. The lowest BCUT2D eigenvalue weighted by Crippen LogP contribution is -2.30. The minimum absolute atomic E-state index is 0.225. The fourth-order valence-electron chi connectivity index (χ4n) is 2.91. The lowest BCUT2D eigenvalue weighted by molar-refractivity contribution is -0.131. The molecule has 3 aromatic rings. The maximum Gasteiger partial charge on any atom is 0.328 e. The highest BCUT2D eigenvalue weighted by Gasteiger charge is 2.19. The van der Waals surface area contributed by atoms with Crippen LogP contribution in [0, 0.1) is 0 Å². The number of carbonyl (C=O) groups excluding carboxylic acids is 1. The summed E-state index contributed by atoms with van der Waals surface area (Å²) in [6.45, 7) is -0.225. The molecule has 0 radical (unpaired) electrons. The molecule has 0 saturated carbocycles. The number of amides is 1. The van der Waals surface area contributed by atoms with Crippen molar-refractivity contribution in [1.29, 1.82) is 0 Å². The van der Waals surface area contributed by atoms with Crippen molar-refractivity contribution in [3.63, 3.8) is 0 Å². The topological polar surface area (TPSA) is 76.1 Å². The van der Waals surface area contributed by atoms with Crippen LogP contribution in [0.4, 0.5) is 11.4 Å². The highest BCUT2D eigenvalue weighted by atomic mass is 79.9. The summed E-state index contributed by atoms with van der Waals surface area (Å²) in [7, 11) is 1.48. The van der Waals surface area contributed by atoms with E-state index in [2.05, 4.69) is 15.9 Å². The van der Waals surface area contributed by atoms with Crippen molar-refractivity contribution in [3.05, 3.63) is 88.9 Å². The smallest absolute Gasteiger partial charge is 0.328 e. The van der Waals surface area contributed by atoms with E-state index >= 15 is 0 Å². The molecule has 0 aliphatic carbocycles. The third-order valence-corrected chi connectivity index (χ3v) is 5.00. The van der Waals surface area contributed by atoms with Gasteiger partial charge in [0.1, 0.15) is 0 Å². The van der Waals surface area contributed by atoms with Crippen molar-refractivity contribution in [1.82, 2.24) is 0 Å². The predicted molar refractivity (Wildman–Crippen MR) is 123 cm³/mol. The van der Waals surface area contributed by atoms with Crippen molar-refractivity contribution in [2.45, 2.75) is 0 Å². The number of anilines is 2. The maximum atomic E-state index is 13.1. The van der Waals surface area contributed by atoms with Gasteiger partial charge in [0.2, 0.25) is 0 Å². The zero-order valence-electron chi connectivity index (χ0n) is 16.7. The molecule has 0 bridgehead atoms. The summed E-state index contributed by atoms with van der Waals surface area (Å²) in [5.41, 5.74) is 2.06. The van der Waals surface area contributed by atoms with Gasteiger partial charge in [-0.2, -0.15) is 0 Å². The first kappa shape index (κ1) is 22.1. The van der Waals surface area contributed by atoms with Crippen molar-refractivity contribution in [3.8, 4) is 11.5 Å². The average molecular weight is 482 g/mol. The fraction of sp³-hybridized carbons (Fsp3) is 0.0833. The van der Waals surface area contributed by atoms with Crippen molar-refractivity contribution < 1.29 is 24.2 Å². The van der Waals surface area contributed by atoms with Crippen LogP contribution < -0.4 is 14.4 Å². The number of carboxylic acid groups (broad SMARTS) is 1. The van der Waals surface area contributed by atoms with Crippen LogP contribution in [0.25, 0.3) is 6.08 Å². The molecule has 31 heavy (non-hydrogen) atoms. The van der Waals surface area contributed by atoms with E-state index in [1.165, 1.54) is 13.2 Å². The number of nitrogens with zero attached hydrogens (tertiary/aromatic N) is 1. The fourth-order valence-corrected chi connectivity index (χ4v) is 3.36. The van der Waals surface area contributed by atoms with Gasteiger partial charge in [-0.15, -0.1) is 0 Å². The standard InChI is InChI=1S/C24H20BrNO5/c1-30-21-14-17(12-13-24(28)29)20(25)15-22(21)31-16-23(27)26(18-8-4-2-5-9-18)19-10-6-3-7-11-19/h2-15H,16H2,1H3,(H,28,29). The summed E-state index contributed by atoms with van der Waals surface area (Å²) in [6.07, 6.45) is 2.47. The predicted octanol–water partition coefficient (Wildman–Crippen LogP) is 5.30. The van der Waals surface area contributed by atoms with Crippen LogP contribution in [0.5, 0.6) is 11.5 Å². The van der Waals surface area contributed by atoms with Crippen LogP contribution in [0.2, 0.25) is 0 Å². The Kier molecular flexibility index (Phi) is 7.45. The van der Waals surface area contributed by atoms with Crippen molar-refractivity contribution in [2.75, 3.05) is 18.6 Å². The van der Waals surface area contributed by atoms with Crippen molar-refractivity contribution >= 4 is 45.3 Å². The molecule has 3 aromatic carbocycles. The minimum Gasteiger partial charge on any atom is -0.493 e. The number of rotatable bonds is 8. The monoisotopic (exact) mass is 481 g/mol. The number of methoxy groups -OCH3 is 1. The molecule has 0 unspecified atom stereocenters. The van der Waals surface area contributed by atoms with E-state index in [0.717, 1.165) is 17.5 Å². The average Bonchev–Trinajstić information content (AvgIpc) is 2.78. The second-order valence-electron chi connectivity index (χ2n) is 6.39. The van der Waals surface area contributed by atoms with Gasteiger partial charge in [-0.05, 0) is 48.0 Å². The van der Waals surface area contributed by atoms with Crippen LogP contribution in [0.15, 0.2) is 83.3 Å². The third-order valence-electron chi connectivity index (χ3n) is 4.32. The van der Waals surface area contributed by atoms with Gasteiger partial charge in [0.15, 0.2) is 18.1 Å². The van der Waals surface area contributed by atoms with Gasteiger partial charge >= 0.3 is 5.97 Å². The summed E-state index contributed by atoms with van der Waals surface area (Å²) in [6, 6.07) is 21.9. The molecule has 7 heteroatoms. The number of carboxylic acids is 1. The first-order valence-electron chi connectivity index (χ1n) is 9.34. The molecule has 158 valence electrons. The molecule has 0 heterocycles. The van der Waals surface area contributed by atoms with E-state index in [-0.39, 0.29) is 12.5 Å². The van der Waals surface area contributed by atoms with E-state index in [1.54, 1.807) is 17.0 Å².